The summed E-state index contributed by atoms with van der Waals surface area (Å²) < 4.78 is 6.26. The molecule has 1 aliphatic rings. The number of rotatable bonds is 0. The van der Waals surface area contributed by atoms with E-state index < -0.39 is 3.79 Å². The lowest BCUT2D eigenvalue weighted by Crippen LogP contribution is -2.35. The molecule has 0 radical (unpaired) electrons. The SMILES string of the molecule is Cc1cc(=[N+]2CCCCC2)cc(C(Cl)(Cl)Cl)o1. The lowest BCUT2D eigenvalue weighted by atomic mass is 10.1. The topological polar surface area (TPSA) is 16.1 Å². The van der Waals surface area contributed by atoms with Crippen molar-refractivity contribution in [3.8, 4) is 0 Å². The largest absolute Gasteiger partial charge is 0.461 e. The highest BCUT2D eigenvalue weighted by Gasteiger charge is 2.27. The molecule has 2 nitrogen and oxygen atoms in total. The Kier molecular flexibility index (Phi) is 4.06. The van der Waals surface area contributed by atoms with Crippen LogP contribution in [0.1, 0.15) is 30.8 Å². The van der Waals surface area contributed by atoms with Gasteiger partial charge in [0.2, 0.25) is 9.15 Å². The first-order valence-corrected chi connectivity index (χ1v) is 6.87. The molecule has 0 bridgehead atoms. The normalized spacial score (nSPS) is 17.3. The van der Waals surface area contributed by atoms with Crippen molar-refractivity contribution < 1.29 is 4.42 Å². The van der Waals surface area contributed by atoms with Gasteiger partial charge in [-0.2, -0.15) is 0 Å². The van der Waals surface area contributed by atoms with E-state index in [0.717, 1.165) is 24.2 Å². The third-order valence-corrected chi connectivity index (χ3v) is 3.46. The van der Waals surface area contributed by atoms with Gasteiger partial charge < -0.3 is 4.42 Å². The first-order valence-electron chi connectivity index (χ1n) is 5.74. The minimum Gasteiger partial charge on any atom is -0.461 e. The van der Waals surface area contributed by atoms with Crippen LogP contribution in [0.5, 0.6) is 0 Å². The maximum Gasteiger partial charge on any atom is 0.248 e. The second-order valence-electron chi connectivity index (χ2n) is 4.34. The Balaban J connectivity index is 2.51. The highest BCUT2D eigenvalue weighted by atomic mass is 35.6. The molecule has 0 saturated carbocycles. The summed E-state index contributed by atoms with van der Waals surface area (Å²) in [6.45, 7) is 3.98. The summed E-state index contributed by atoms with van der Waals surface area (Å²) in [6.07, 6.45) is 3.73. The summed E-state index contributed by atoms with van der Waals surface area (Å²) in [5.41, 5.74) is 0. The molecule has 1 aromatic rings. The minimum atomic E-state index is -1.50. The number of hydrogen-bond acceptors (Lipinski definition) is 1. The Hall–Kier alpha value is -0.180. The van der Waals surface area contributed by atoms with Gasteiger partial charge in [0, 0.05) is 18.9 Å². The summed E-state index contributed by atoms with van der Waals surface area (Å²) in [7, 11) is 0. The van der Waals surface area contributed by atoms with Crippen LogP contribution < -0.4 is 9.93 Å². The van der Waals surface area contributed by atoms with Crippen LogP contribution in [0.15, 0.2) is 16.5 Å². The second-order valence-corrected chi connectivity index (χ2v) is 6.62. The molecular weight excluding hydrogens is 280 g/mol. The lowest BCUT2D eigenvalue weighted by molar-refractivity contribution is 0.435. The molecule has 1 saturated heterocycles. The van der Waals surface area contributed by atoms with Crippen LogP contribution in [0.3, 0.4) is 0 Å². The van der Waals surface area contributed by atoms with Crippen LogP contribution in [0.4, 0.5) is 0 Å². The molecule has 2 rings (SSSR count). The second kappa shape index (κ2) is 5.21. The summed E-state index contributed by atoms with van der Waals surface area (Å²) in [4.78, 5) is 0. The molecule has 0 atom stereocenters. The molecule has 94 valence electrons. The molecule has 0 N–H and O–H groups in total. The summed E-state index contributed by atoms with van der Waals surface area (Å²) in [5.74, 6) is 1.14. The molecular formula is C12H15Cl3NO+. The fourth-order valence-corrected chi connectivity index (χ4v) is 2.37. The maximum absolute atomic E-state index is 5.86. The zero-order chi connectivity index (χ0) is 12.5. The van der Waals surface area contributed by atoms with E-state index in [0.29, 0.717) is 5.76 Å². The van der Waals surface area contributed by atoms with Crippen LogP contribution >= 0.6 is 34.8 Å². The Morgan fingerprint density at radius 3 is 2.35 bits per heavy atom. The summed E-state index contributed by atoms with van der Waals surface area (Å²) in [6, 6.07) is 3.82. The number of alkyl halides is 3. The highest BCUT2D eigenvalue weighted by Crippen LogP contribution is 2.37. The number of nitrogens with zero attached hydrogens (tertiary/aromatic N) is 1. The molecule has 0 aliphatic carbocycles. The summed E-state index contributed by atoms with van der Waals surface area (Å²) in [5, 5.41) is 1.08. The van der Waals surface area contributed by atoms with E-state index in [2.05, 4.69) is 4.58 Å². The van der Waals surface area contributed by atoms with Crippen molar-refractivity contribution >= 4 is 34.8 Å². The fourth-order valence-electron chi connectivity index (χ4n) is 2.09. The van der Waals surface area contributed by atoms with Crippen molar-refractivity contribution in [2.75, 3.05) is 13.1 Å². The first kappa shape index (κ1) is 13.3. The highest BCUT2D eigenvalue weighted by molar-refractivity contribution is 6.66. The van der Waals surface area contributed by atoms with Crippen molar-refractivity contribution in [1.29, 1.82) is 0 Å². The molecule has 0 amide bonds. The van der Waals surface area contributed by atoms with Gasteiger partial charge in [0.15, 0.2) is 5.76 Å². The quantitative estimate of drug-likeness (QED) is 0.529. The van der Waals surface area contributed by atoms with E-state index in [4.69, 9.17) is 39.2 Å². The minimum absolute atomic E-state index is 0.378. The molecule has 1 aliphatic heterocycles. The first-order chi connectivity index (χ1) is 7.97. The van der Waals surface area contributed by atoms with Gasteiger partial charge in [0.1, 0.15) is 18.8 Å². The van der Waals surface area contributed by atoms with E-state index in [-0.39, 0.29) is 0 Å². The van der Waals surface area contributed by atoms with Crippen molar-refractivity contribution in [2.45, 2.75) is 30.0 Å². The van der Waals surface area contributed by atoms with Gasteiger partial charge in [0.05, 0.1) is 6.07 Å². The average molecular weight is 296 g/mol. The number of halogens is 3. The van der Waals surface area contributed by atoms with Crippen molar-refractivity contribution in [2.24, 2.45) is 0 Å². The van der Waals surface area contributed by atoms with Crippen LogP contribution in [0.2, 0.25) is 0 Å². The molecule has 2 heterocycles. The van der Waals surface area contributed by atoms with Crippen LogP contribution in [-0.2, 0) is 3.79 Å². The van der Waals surface area contributed by atoms with Gasteiger partial charge in [-0.05, 0) is 13.3 Å². The van der Waals surface area contributed by atoms with E-state index in [9.17, 15) is 0 Å². The zero-order valence-corrected chi connectivity index (χ0v) is 11.9. The third kappa shape index (κ3) is 3.40. The maximum atomic E-state index is 5.86. The standard InChI is InChI=1S/C12H15Cl3NO/c1-9-7-10(16-5-3-2-4-6-16)8-11(17-9)12(13,14)15/h7-8H,2-6H2,1H3/q+1. The lowest BCUT2D eigenvalue weighted by Gasteiger charge is -2.12. The van der Waals surface area contributed by atoms with Crippen molar-refractivity contribution in [3.63, 3.8) is 0 Å². The van der Waals surface area contributed by atoms with Crippen LogP contribution in [0, 0.1) is 6.92 Å². The molecule has 0 aromatic carbocycles. The van der Waals surface area contributed by atoms with E-state index in [1.54, 1.807) is 0 Å². The number of piperidine rings is 1. The molecule has 0 unspecified atom stereocenters. The van der Waals surface area contributed by atoms with Gasteiger partial charge in [-0.1, -0.05) is 34.8 Å². The monoisotopic (exact) mass is 294 g/mol. The molecule has 0 spiro atoms. The van der Waals surface area contributed by atoms with Gasteiger partial charge >= 0.3 is 0 Å². The zero-order valence-electron chi connectivity index (χ0n) is 9.68. The Labute approximate surface area is 116 Å². The van der Waals surface area contributed by atoms with Crippen molar-refractivity contribution in [1.82, 2.24) is 4.58 Å². The van der Waals surface area contributed by atoms with Gasteiger partial charge in [-0.3, -0.25) is 0 Å². The Bertz CT molecular complexity index is 465. The predicted molar refractivity (Wildman–Crippen MR) is 71.5 cm³/mol. The van der Waals surface area contributed by atoms with E-state index in [1.807, 2.05) is 19.1 Å². The molecule has 5 heteroatoms. The van der Waals surface area contributed by atoms with E-state index >= 15 is 0 Å². The van der Waals surface area contributed by atoms with Gasteiger partial charge in [0.25, 0.3) is 0 Å². The Morgan fingerprint density at radius 1 is 1.12 bits per heavy atom. The predicted octanol–water partition coefficient (Wildman–Crippen LogP) is 3.37. The van der Waals surface area contributed by atoms with Crippen LogP contribution in [0.25, 0.3) is 0 Å². The molecule has 1 aromatic heterocycles. The molecule has 17 heavy (non-hydrogen) atoms. The summed E-state index contributed by atoms with van der Waals surface area (Å²) >= 11 is 17.6. The van der Waals surface area contributed by atoms with Gasteiger partial charge in [-0.25, -0.2) is 4.58 Å². The number of aryl methyl sites for hydroxylation is 1. The number of hydrogen-bond donors (Lipinski definition) is 0. The smallest absolute Gasteiger partial charge is 0.248 e. The van der Waals surface area contributed by atoms with Crippen molar-refractivity contribution in [3.05, 3.63) is 29.0 Å². The fraction of sp³-hybridized carbons (Fsp3) is 0.583. The Morgan fingerprint density at radius 2 is 1.76 bits per heavy atom. The van der Waals surface area contributed by atoms with Crippen LogP contribution in [-0.4, -0.2) is 13.1 Å². The van der Waals surface area contributed by atoms with E-state index in [1.165, 1.54) is 19.3 Å². The average Bonchev–Trinajstić information content (AvgIpc) is 2.28. The van der Waals surface area contributed by atoms with Gasteiger partial charge in [-0.15, -0.1) is 0 Å². The third-order valence-electron chi connectivity index (χ3n) is 2.90. The molecule has 1 fully saturated rings.